The Bertz CT molecular complexity index is 1060. The smallest absolute Gasteiger partial charge is 0.250 e. The highest BCUT2D eigenvalue weighted by atomic mass is 32.1. The molecule has 0 unspecified atom stereocenters. The molecule has 0 aliphatic carbocycles. The summed E-state index contributed by atoms with van der Waals surface area (Å²) in [5.74, 6) is -0.200. The maximum atomic E-state index is 12.1. The van der Waals surface area contributed by atoms with Gasteiger partial charge in [-0.3, -0.25) is 10.1 Å². The molecule has 0 aliphatic heterocycles. The zero-order valence-corrected chi connectivity index (χ0v) is 15.2. The van der Waals surface area contributed by atoms with Crippen LogP contribution in [0.15, 0.2) is 48.5 Å². The lowest BCUT2D eigenvalue weighted by Gasteiger charge is -1.94. The van der Waals surface area contributed by atoms with Crippen LogP contribution in [0.3, 0.4) is 0 Å². The number of aryl methyl sites for hydroxylation is 1. The van der Waals surface area contributed by atoms with Crippen molar-refractivity contribution in [2.75, 3.05) is 5.32 Å². The van der Waals surface area contributed by atoms with Gasteiger partial charge in [0.05, 0.1) is 20.4 Å². The average Bonchev–Trinajstić information content (AvgIpc) is 3.21. The number of rotatable bonds is 4. The second-order valence-electron chi connectivity index (χ2n) is 5.52. The number of thiazole rings is 2. The topological polar surface area (TPSA) is 54.9 Å². The van der Waals surface area contributed by atoms with Crippen LogP contribution in [0.25, 0.3) is 26.5 Å². The molecule has 0 fully saturated rings. The summed E-state index contributed by atoms with van der Waals surface area (Å²) in [6, 6.07) is 14.1. The molecule has 0 radical (unpaired) electrons. The molecule has 2 aromatic carbocycles. The Kier molecular flexibility index (Phi) is 4.29. The molecule has 0 bridgehead atoms. The van der Waals surface area contributed by atoms with E-state index in [1.165, 1.54) is 23.0 Å². The summed E-state index contributed by atoms with van der Waals surface area (Å²) in [5.41, 5.74) is 3.13. The van der Waals surface area contributed by atoms with Crippen molar-refractivity contribution in [2.45, 2.75) is 13.3 Å². The number of para-hydroxylation sites is 1. The van der Waals surface area contributed by atoms with Crippen LogP contribution in [0.1, 0.15) is 17.5 Å². The highest BCUT2D eigenvalue weighted by Gasteiger charge is 2.07. The summed E-state index contributed by atoms with van der Waals surface area (Å²) in [6.45, 7) is 2.12. The second kappa shape index (κ2) is 6.74. The number of anilines is 1. The summed E-state index contributed by atoms with van der Waals surface area (Å²) < 4.78 is 2.20. The first kappa shape index (κ1) is 15.9. The van der Waals surface area contributed by atoms with E-state index >= 15 is 0 Å². The van der Waals surface area contributed by atoms with Crippen molar-refractivity contribution in [1.29, 1.82) is 0 Å². The third-order valence-electron chi connectivity index (χ3n) is 3.78. The van der Waals surface area contributed by atoms with Gasteiger partial charge < -0.3 is 0 Å². The molecule has 4 aromatic rings. The van der Waals surface area contributed by atoms with E-state index in [-0.39, 0.29) is 5.91 Å². The molecule has 0 aliphatic rings. The van der Waals surface area contributed by atoms with Crippen molar-refractivity contribution in [3.63, 3.8) is 0 Å². The van der Waals surface area contributed by atoms with E-state index in [9.17, 15) is 4.79 Å². The van der Waals surface area contributed by atoms with Gasteiger partial charge in [-0.2, -0.15) is 0 Å². The summed E-state index contributed by atoms with van der Waals surface area (Å²) >= 11 is 3.05. The Labute approximate surface area is 152 Å². The van der Waals surface area contributed by atoms with Gasteiger partial charge in [-0.1, -0.05) is 36.5 Å². The largest absolute Gasteiger partial charge is 0.298 e. The zero-order valence-electron chi connectivity index (χ0n) is 13.5. The molecule has 124 valence electrons. The molecule has 0 saturated carbocycles. The minimum atomic E-state index is -0.200. The molecule has 0 atom stereocenters. The maximum absolute atomic E-state index is 12.1. The molecule has 0 spiro atoms. The van der Waals surface area contributed by atoms with E-state index in [1.54, 1.807) is 17.4 Å². The molecule has 25 heavy (non-hydrogen) atoms. The van der Waals surface area contributed by atoms with Crippen molar-refractivity contribution in [2.24, 2.45) is 0 Å². The molecule has 6 heteroatoms. The highest BCUT2D eigenvalue weighted by molar-refractivity contribution is 7.22. The Morgan fingerprint density at radius 2 is 1.92 bits per heavy atom. The van der Waals surface area contributed by atoms with Gasteiger partial charge in [-0.25, -0.2) is 9.97 Å². The van der Waals surface area contributed by atoms with Crippen LogP contribution in [0, 0.1) is 0 Å². The van der Waals surface area contributed by atoms with Crippen LogP contribution in [0.4, 0.5) is 5.13 Å². The van der Waals surface area contributed by atoms with Crippen LogP contribution in [-0.2, 0) is 11.2 Å². The molecule has 4 nitrogen and oxygen atoms in total. The molecule has 4 rings (SSSR count). The first-order valence-electron chi connectivity index (χ1n) is 7.95. The molecule has 2 aromatic heterocycles. The predicted molar refractivity (Wildman–Crippen MR) is 106 cm³/mol. The fraction of sp³-hybridized carbons (Fsp3) is 0.105. The summed E-state index contributed by atoms with van der Waals surface area (Å²) in [7, 11) is 0. The zero-order chi connectivity index (χ0) is 17.2. The van der Waals surface area contributed by atoms with Gasteiger partial charge in [0.1, 0.15) is 5.01 Å². The summed E-state index contributed by atoms with van der Waals surface area (Å²) in [4.78, 5) is 21.1. The van der Waals surface area contributed by atoms with Gasteiger partial charge in [0.25, 0.3) is 0 Å². The standard InChI is InChI=1S/C19H15N3OS2/c1-2-12-7-8-14-16(11-12)25-19(21-14)22-17(23)9-10-18-20-13-5-3-4-6-15(13)24-18/h3-11H,2H2,1H3,(H,21,22,23)/b10-9+. The maximum Gasteiger partial charge on any atom is 0.250 e. The number of nitrogens with zero attached hydrogens (tertiary/aromatic N) is 2. The Morgan fingerprint density at radius 3 is 2.76 bits per heavy atom. The number of fused-ring (bicyclic) bond motifs is 2. The minimum absolute atomic E-state index is 0.200. The Balaban J connectivity index is 1.49. The van der Waals surface area contributed by atoms with E-state index in [2.05, 4.69) is 34.3 Å². The lowest BCUT2D eigenvalue weighted by molar-refractivity contribution is -0.111. The third-order valence-corrected chi connectivity index (χ3v) is 5.71. The number of carbonyl (C=O) groups excluding carboxylic acids is 1. The molecule has 0 saturated heterocycles. The number of aromatic nitrogens is 2. The fourth-order valence-electron chi connectivity index (χ4n) is 2.50. The van der Waals surface area contributed by atoms with E-state index in [1.807, 2.05) is 30.3 Å². The summed E-state index contributed by atoms with van der Waals surface area (Å²) in [5, 5.41) is 4.26. The van der Waals surface area contributed by atoms with Gasteiger partial charge in [-0.15, -0.1) is 11.3 Å². The van der Waals surface area contributed by atoms with Crippen molar-refractivity contribution in [3.8, 4) is 0 Å². The van der Waals surface area contributed by atoms with E-state index in [0.29, 0.717) is 5.13 Å². The van der Waals surface area contributed by atoms with Crippen LogP contribution in [0.5, 0.6) is 0 Å². The highest BCUT2D eigenvalue weighted by Crippen LogP contribution is 2.27. The van der Waals surface area contributed by atoms with Crippen molar-refractivity contribution >= 4 is 60.2 Å². The average molecular weight is 365 g/mol. The number of carbonyl (C=O) groups is 1. The molecular weight excluding hydrogens is 350 g/mol. The number of amides is 1. The van der Waals surface area contributed by atoms with Gasteiger partial charge in [0.2, 0.25) is 5.91 Å². The molecular formula is C19H15N3OS2. The quantitative estimate of drug-likeness (QED) is 0.511. The van der Waals surface area contributed by atoms with E-state index in [4.69, 9.17) is 0 Å². The lowest BCUT2D eigenvalue weighted by atomic mass is 10.2. The molecule has 2 heterocycles. The molecule has 1 amide bonds. The van der Waals surface area contributed by atoms with Crippen LogP contribution < -0.4 is 5.32 Å². The van der Waals surface area contributed by atoms with E-state index < -0.39 is 0 Å². The Morgan fingerprint density at radius 1 is 1.08 bits per heavy atom. The monoisotopic (exact) mass is 365 g/mol. The van der Waals surface area contributed by atoms with Crippen molar-refractivity contribution in [3.05, 3.63) is 59.1 Å². The Hall–Kier alpha value is -2.57. The van der Waals surface area contributed by atoms with Crippen molar-refractivity contribution in [1.82, 2.24) is 9.97 Å². The minimum Gasteiger partial charge on any atom is -0.298 e. The second-order valence-corrected chi connectivity index (χ2v) is 7.61. The molecule has 1 N–H and O–H groups in total. The normalized spacial score (nSPS) is 11.6. The number of hydrogen-bond donors (Lipinski definition) is 1. The van der Waals surface area contributed by atoms with Gasteiger partial charge in [0.15, 0.2) is 5.13 Å². The lowest BCUT2D eigenvalue weighted by Crippen LogP contribution is -2.07. The van der Waals surface area contributed by atoms with Crippen LogP contribution in [0.2, 0.25) is 0 Å². The summed E-state index contributed by atoms with van der Waals surface area (Å²) in [6.07, 6.45) is 4.23. The first-order chi connectivity index (χ1) is 12.2. The number of nitrogens with one attached hydrogen (secondary N) is 1. The van der Waals surface area contributed by atoms with Crippen LogP contribution >= 0.6 is 22.7 Å². The van der Waals surface area contributed by atoms with Gasteiger partial charge in [-0.05, 0) is 42.3 Å². The number of benzene rings is 2. The van der Waals surface area contributed by atoms with Gasteiger partial charge in [0, 0.05) is 6.08 Å². The SMILES string of the molecule is CCc1ccc2nc(NC(=O)/C=C/c3nc4ccccc4s3)sc2c1. The van der Waals surface area contributed by atoms with Crippen molar-refractivity contribution < 1.29 is 4.79 Å². The predicted octanol–water partition coefficient (Wildman–Crippen LogP) is 5.12. The first-order valence-corrected chi connectivity index (χ1v) is 9.58. The number of hydrogen-bond acceptors (Lipinski definition) is 5. The van der Waals surface area contributed by atoms with Gasteiger partial charge >= 0.3 is 0 Å². The van der Waals surface area contributed by atoms with E-state index in [0.717, 1.165) is 31.9 Å². The van der Waals surface area contributed by atoms with Crippen LogP contribution in [-0.4, -0.2) is 15.9 Å². The fourth-order valence-corrected chi connectivity index (χ4v) is 4.30. The third kappa shape index (κ3) is 3.45.